The van der Waals surface area contributed by atoms with Crippen LogP contribution in [-0.4, -0.2) is 23.2 Å². The average molecular weight is 275 g/mol. The molecule has 2 aromatic rings. The Labute approximate surface area is 117 Å². The zero-order chi connectivity index (χ0) is 14.2. The van der Waals surface area contributed by atoms with Crippen molar-refractivity contribution in [2.24, 2.45) is 0 Å². The summed E-state index contributed by atoms with van der Waals surface area (Å²) in [5, 5.41) is 7.35. The third-order valence-electron chi connectivity index (χ3n) is 4.23. The molecule has 3 rings (SSSR count). The summed E-state index contributed by atoms with van der Waals surface area (Å²) >= 11 is 0. The highest BCUT2D eigenvalue weighted by atomic mass is 19.1. The van der Waals surface area contributed by atoms with E-state index < -0.39 is 0 Å². The van der Waals surface area contributed by atoms with Crippen molar-refractivity contribution in [2.45, 2.75) is 32.1 Å². The van der Waals surface area contributed by atoms with Gasteiger partial charge in [-0.2, -0.15) is 4.98 Å². The number of benzene rings is 1. The molecule has 0 bridgehead atoms. The Morgan fingerprint density at radius 3 is 2.95 bits per heavy atom. The van der Waals surface area contributed by atoms with Crippen molar-refractivity contribution in [1.29, 1.82) is 0 Å². The van der Waals surface area contributed by atoms with Gasteiger partial charge in [0.05, 0.1) is 5.41 Å². The highest BCUT2D eigenvalue weighted by molar-refractivity contribution is 5.55. The van der Waals surface area contributed by atoms with Gasteiger partial charge in [-0.05, 0) is 37.9 Å². The monoisotopic (exact) mass is 275 g/mol. The van der Waals surface area contributed by atoms with Crippen molar-refractivity contribution in [3.8, 4) is 11.4 Å². The fourth-order valence-corrected chi connectivity index (χ4v) is 2.67. The van der Waals surface area contributed by atoms with E-state index in [0.717, 1.165) is 25.9 Å². The molecule has 1 aromatic carbocycles. The molecule has 1 aliphatic rings. The number of rotatable bonds is 3. The van der Waals surface area contributed by atoms with Gasteiger partial charge in [-0.1, -0.05) is 24.2 Å². The average Bonchev–Trinajstić information content (AvgIpc) is 3.10. The lowest BCUT2D eigenvalue weighted by molar-refractivity contribution is 0.285. The lowest BCUT2D eigenvalue weighted by Crippen LogP contribution is -2.28. The van der Waals surface area contributed by atoms with Gasteiger partial charge in [0.15, 0.2) is 0 Å². The minimum atomic E-state index is -0.249. The van der Waals surface area contributed by atoms with Gasteiger partial charge < -0.3 is 9.84 Å². The van der Waals surface area contributed by atoms with E-state index in [9.17, 15) is 4.39 Å². The molecule has 5 heteroatoms. The van der Waals surface area contributed by atoms with Crippen LogP contribution >= 0.6 is 0 Å². The molecule has 1 N–H and O–H groups in total. The van der Waals surface area contributed by atoms with Gasteiger partial charge in [-0.15, -0.1) is 0 Å². The van der Waals surface area contributed by atoms with Crippen molar-refractivity contribution in [2.75, 3.05) is 13.1 Å². The first-order valence-electron chi connectivity index (χ1n) is 6.96. The SMILES string of the molecule is CCC1(c2nc(-c3ccc(C)c(F)c3)no2)CCNC1. The second-order valence-electron chi connectivity index (χ2n) is 5.45. The summed E-state index contributed by atoms with van der Waals surface area (Å²) in [6.07, 6.45) is 1.94. The maximum Gasteiger partial charge on any atom is 0.234 e. The molecule has 0 amide bonds. The van der Waals surface area contributed by atoms with Crippen LogP contribution in [0, 0.1) is 12.7 Å². The summed E-state index contributed by atoms with van der Waals surface area (Å²) in [6.45, 7) is 5.68. The van der Waals surface area contributed by atoms with Crippen LogP contribution in [0.25, 0.3) is 11.4 Å². The van der Waals surface area contributed by atoms with Gasteiger partial charge in [0.25, 0.3) is 0 Å². The van der Waals surface area contributed by atoms with Gasteiger partial charge in [-0.3, -0.25) is 0 Å². The maximum atomic E-state index is 13.6. The lowest BCUT2D eigenvalue weighted by atomic mass is 9.84. The molecule has 1 saturated heterocycles. The smallest absolute Gasteiger partial charge is 0.234 e. The molecule has 0 spiro atoms. The van der Waals surface area contributed by atoms with Crippen molar-refractivity contribution in [3.05, 3.63) is 35.5 Å². The Bertz CT molecular complexity index is 617. The molecule has 0 radical (unpaired) electrons. The second kappa shape index (κ2) is 4.98. The van der Waals surface area contributed by atoms with Gasteiger partial charge in [-0.25, -0.2) is 4.39 Å². The Morgan fingerprint density at radius 2 is 2.30 bits per heavy atom. The standard InChI is InChI=1S/C15H18FN3O/c1-3-15(6-7-17-9-15)14-18-13(19-20-14)11-5-4-10(2)12(16)8-11/h4-5,8,17H,3,6-7,9H2,1-2H3. The third kappa shape index (κ3) is 2.12. The highest BCUT2D eigenvalue weighted by Gasteiger charge is 2.39. The molecular formula is C15H18FN3O. The van der Waals surface area contributed by atoms with E-state index in [1.165, 1.54) is 6.07 Å². The Kier molecular flexibility index (Phi) is 3.30. The number of hydrogen-bond acceptors (Lipinski definition) is 4. The molecule has 1 aromatic heterocycles. The van der Waals surface area contributed by atoms with E-state index in [1.807, 2.05) is 6.07 Å². The fourth-order valence-electron chi connectivity index (χ4n) is 2.67. The van der Waals surface area contributed by atoms with E-state index in [-0.39, 0.29) is 11.2 Å². The molecule has 0 aliphatic carbocycles. The first-order chi connectivity index (χ1) is 9.64. The van der Waals surface area contributed by atoms with Crippen molar-refractivity contribution >= 4 is 0 Å². The zero-order valence-corrected chi connectivity index (χ0v) is 11.7. The Hall–Kier alpha value is -1.75. The largest absolute Gasteiger partial charge is 0.338 e. The molecule has 1 aliphatic heterocycles. The summed E-state index contributed by atoms with van der Waals surface area (Å²) in [7, 11) is 0. The summed E-state index contributed by atoms with van der Waals surface area (Å²) in [5.41, 5.74) is 1.19. The predicted molar refractivity (Wildman–Crippen MR) is 73.9 cm³/mol. The lowest BCUT2D eigenvalue weighted by Gasteiger charge is -2.20. The fraction of sp³-hybridized carbons (Fsp3) is 0.467. The highest BCUT2D eigenvalue weighted by Crippen LogP contribution is 2.34. The van der Waals surface area contributed by atoms with Crippen LogP contribution < -0.4 is 5.32 Å². The molecule has 4 nitrogen and oxygen atoms in total. The van der Waals surface area contributed by atoms with E-state index in [0.29, 0.717) is 22.8 Å². The molecule has 2 heterocycles. The minimum absolute atomic E-state index is 0.0749. The number of aromatic nitrogens is 2. The van der Waals surface area contributed by atoms with E-state index in [2.05, 4.69) is 22.4 Å². The van der Waals surface area contributed by atoms with E-state index in [1.54, 1.807) is 13.0 Å². The first-order valence-corrected chi connectivity index (χ1v) is 6.96. The molecule has 20 heavy (non-hydrogen) atoms. The molecule has 1 atom stereocenters. The van der Waals surface area contributed by atoms with Crippen LogP contribution in [0.4, 0.5) is 4.39 Å². The number of halogens is 1. The molecule has 106 valence electrons. The molecule has 1 fully saturated rings. The van der Waals surface area contributed by atoms with Crippen LogP contribution in [0.5, 0.6) is 0 Å². The van der Waals surface area contributed by atoms with Gasteiger partial charge in [0.2, 0.25) is 11.7 Å². The third-order valence-corrected chi connectivity index (χ3v) is 4.23. The quantitative estimate of drug-likeness (QED) is 0.935. The molecule has 1 unspecified atom stereocenters. The van der Waals surface area contributed by atoms with Crippen LogP contribution in [0.3, 0.4) is 0 Å². The topological polar surface area (TPSA) is 51.0 Å². The minimum Gasteiger partial charge on any atom is -0.338 e. The van der Waals surface area contributed by atoms with Crippen LogP contribution in [0.2, 0.25) is 0 Å². The number of nitrogens with one attached hydrogen (secondary N) is 1. The van der Waals surface area contributed by atoms with Gasteiger partial charge >= 0.3 is 0 Å². The van der Waals surface area contributed by atoms with Crippen LogP contribution in [-0.2, 0) is 5.41 Å². The Balaban J connectivity index is 1.95. The molecular weight excluding hydrogens is 257 g/mol. The number of nitrogens with zero attached hydrogens (tertiary/aromatic N) is 2. The summed E-state index contributed by atoms with van der Waals surface area (Å²) in [4.78, 5) is 4.49. The predicted octanol–water partition coefficient (Wildman–Crippen LogP) is 2.83. The first kappa shape index (κ1) is 13.2. The summed E-state index contributed by atoms with van der Waals surface area (Å²) in [6, 6.07) is 5.00. The van der Waals surface area contributed by atoms with Crippen molar-refractivity contribution in [1.82, 2.24) is 15.5 Å². The van der Waals surface area contributed by atoms with Crippen molar-refractivity contribution < 1.29 is 8.91 Å². The normalized spacial score (nSPS) is 22.4. The van der Waals surface area contributed by atoms with Crippen molar-refractivity contribution in [3.63, 3.8) is 0 Å². The molecule has 0 saturated carbocycles. The number of hydrogen-bond donors (Lipinski definition) is 1. The summed E-state index contributed by atoms with van der Waals surface area (Å²) in [5.74, 6) is 0.862. The van der Waals surface area contributed by atoms with E-state index >= 15 is 0 Å². The van der Waals surface area contributed by atoms with Gasteiger partial charge in [0.1, 0.15) is 5.82 Å². The van der Waals surface area contributed by atoms with Gasteiger partial charge in [0, 0.05) is 12.1 Å². The maximum absolute atomic E-state index is 13.6. The van der Waals surface area contributed by atoms with Crippen LogP contribution in [0.1, 0.15) is 31.2 Å². The second-order valence-corrected chi connectivity index (χ2v) is 5.45. The number of aryl methyl sites for hydroxylation is 1. The Morgan fingerprint density at radius 1 is 1.45 bits per heavy atom. The summed E-state index contributed by atoms with van der Waals surface area (Å²) < 4.78 is 19.1. The zero-order valence-electron chi connectivity index (χ0n) is 11.7. The van der Waals surface area contributed by atoms with E-state index in [4.69, 9.17) is 4.52 Å². The van der Waals surface area contributed by atoms with Crippen LogP contribution in [0.15, 0.2) is 22.7 Å².